The van der Waals surface area contributed by atoms with E-state index < -0.39 is 0 Å². The number of nitrogens with one attached hydrogen (secondary N) is 1. The summed E-state index contributed by atoms with van der Waals surface area (Å²) in [6.07, 6.45) is 5.06. The fourth-order valence-electron chi connectivity index (χ4n) is 3.68. The maximum Gasteiger partial charge on any atom is 0.233 e. The molecule has 2 atom stereocenters. The minimum atomic E-state index is -0.317. The van der Waals surface area contributed by atoms with Crippen LogP contribution in [0.15, 0.2) is 24.3 Å². The number of amides is 3. The lowest BCUT2D eigenvalue weighted by atomic mass is 9.85. The van der Waals surface area contributed by atoms with Crippen molar-refractivity contribution in [2.45, 2.75) is 19.3 Å². The topological polar surface area (TPSA) is 94.2 Å². The Hall–Kier alpha value is -3.03. The van der Waals surface area contributed by atoms with Gasteiger partial charge in [0.25, 0.3) is 0 Å². The van der Waals surface area contributed by atoms with Crippen molar-refractivity contribution in [1.82, 2.24) is 4.90 Å². The molecule has 28 heavy (non-hydrogen) atoms. The molecule has 1 aromatic rings. The molecule has 3 amide bonds. The van der Waals surface area contributed by atoms with Crippen molar-refractivity contribution in [3.05, 3.63) is 24.3 Å². The number of fused-ring (bicyclic) bond motifs is 1. The van der Waals surface area contributed by atoms with Gasteiger partial charge in [0.15, 0.2) is 11.5 Å². The Morgan fingerprint density at radius 3 is 2.00 bits per heavy atom. The summed E-state index contributed by atoms with van der Waals surface area (Å²) in [5.74, 6) is 0.0128. The number of carbonyl (C=O) groups excluding carboxylic acids is 3. The molecule has 1 N–H and O–H groups in total. The number of anilines is 1. The first-order chi connectivity index (χ1) is 13.5. The van der Waals surface area contributed by atoms with Crippen LogP contribution in [0.25, 0.3) is 0 Å². The number of ether oxygens (including phenoxy) is 3. The van der Waals surface area contributed by atoms with Gasteiger partial charge in [0, 0.05) is 30.8 Å². The molecule has 8 nitrogen and oxygen atoms in total. The van der Waals surface area contributed by atoms with Gasteiger partial charge in [0.1, 0.15) is 0 Å². The van der Waals surface area contributed by atoms with Crippen LogP contribution in [-0.2, 0) is 14.4 Å². The fourth-order valence-corrected chi connectivity index (χ4v) is 3.68. The van der Waals surface area contributed by atoms with Crippen LogP contribution in [0.5, 0.6) is 17.2 Å². The normalized spacial score (nSPS) is 20.8. The molecule has 1 aliphatic carbocycles. The Bertz CT molecular complexity index is 768. The van der Waals surface area contributed by atoms with Crippen LogP contribution >= 0.6 is 0 Å². The number of methoxy groups -OCH3 is 3. The van der Waals surface area contributed by atoms with Gasteiger partial charge in [-0.1, -0.05) is 12.2 Å². The highest BCUT2D eigenvalue weighted by molar-refractivity contribution is 6.05. The summed E-state index contributed by atoms with van der Waals surface area (Å²) in [5.41, 5.74) is 0.469. The highest BCUT2D eigenvalue weighted by Crippen LogP contribution is 2.40. The van der Waals surface area contributed by atoms with Crippen LogP contribution in [0.2, 0.25) is 0 Å². The van der Waals surface area contributed by atoms with Crippen LogP contribution in [0.4, 0.5) is 5.69 Å². The first kappa shape index (κ1) is 19.7. The number of hydrogen-bond acceptors (Lipinski definition) is 6. The maximum absolute atomic E-state index is 12.5. The van der Waals surface area contributed by atoms with Crippen molar-refractivity contribution < 1.29 is 28.6 Å². The summed E-state index contributed by atoms with van der Waals surface area (Å²) >= 11 is 0. The molecular weight excluding hydrogens is 364 g/mol. The Morgan fingerprint density at radius 2 is 1.54 bits per heavy atom. The second-order valence-electron chi connectivity index (χ2n) is 6.70. The van der Waals surface area contributed by atoms with Gasteiger partial charge in [-0.2, -0.15) is 0 Å². The average Bonchev–Trinajstić information content (AvgIpc) is 2.96. The van der Waals surface area contributed by atoms with E-state index in [-0.39, 0.29) is 42.5 Å². The molecule has 0 bridgehead atoms. The Labute approximate surface area is 163 Å². The second kappa shape index (κ2) is 8.33. The smallest absolute Gasteiger partial charge is 0.233 e. The lowest BCUT2D eigenvalue weighted by Crippen LogP contribution is -2.34. The van der Waals surface area contributed by atoms with Gasteiger partial charge < -0.3 is 19.5 Å². The molecule has 2 aliphatic rings. The average molecular weight is 388 g/mol. The van der Waals surface area contributed by atoms with Gasteiger partial charge >= 0.3 is 0 Å². The van der Waals surface area contributed by atoms with Gasteiger partial charge in [-0.15, -0.1) is 0 Å². The van der Waals surface area contributed by atoms with Crippen molar-refractivity contribution in [2.75, 3.05) is 33.2 Å². The predicted octanol–water partition coefficient (Wildman–Crippen LogP) is 1.99. The minimum absolute atomic E-state index is 0.0149. The number of nitrogens with zero attached hydrogens (tertiary/aromatic N) is 1. The molecule has 0 aromatic heterocycles. The van der Waals surface area contributed by atoms with E-state index in [4.69, 9.17) is 14.2 Å². The lowest BCUT2D eigenvalue weighted by Gasteiger charge is -2.16. The summed E-state index contributed by atoms with van der Waals surface area (Å²) in [6, 6.07) is 3.23. The van der Waals surface area contributed by atoms with Gasteiger partial charge in [-0.25, -0.2) is 0 Å². The van der Waals surface area contributed by atoms with Crippen LogP contribution in [0, 0.1) is 11.8 Å². The van der Waals surface area contributed by atoms with Gasteiger partial charge in [0.2, 0.25) is 23.5 Å². The third kappa shape index (κ3) is 3.67. The van der Waals surface area contributed by atoms with Gasteiger partial charge in [-0.05, 0) is 12.8 Å². The zero-order chi connectivity index (χ0) is 20.3. The monoisotopic (exact) mass is 388 g/mol. The zero-order valence-corrected chi connectivity index (χ0v) is 16.2. The summed E-state index contributed by atoms with van der Waals surface area (Å²) in [4.78, 5) is 38.5. The minimum Gasteiger partial charge on any atom is -0.493 e. The van der Waals surface area contributed by atoms with Crippen LogP contribution in [0.1, 0.15) is 19.3 Å². The van der Waals surface area contributed by atoms with E-state index in [0.717, 1.165) is 0 Å². The van der Waals surface area contributed by atoms with Crippen molar-refractivity contribution in [1.29, 1.82) is 0 Å². The highest BCUT2D eigenvalue weighted by Gasteiger charge is 2.46. The summed E-state index contributed by atoms with van der Waals surface area (Å²) in [5, 5.41) is 2.74. The van der Waals surface area contributed by atoms with Crippen LogP contribution < -0.4 is 19.5 Å². The Morgan fingerprint density at radius 1 is 1.00 bits per heavy atom. The van der Waals surface area contributed by atoms with Crippen molar-refractivity contribution in [3.63, 3.8) is 0 Å². The number of benzene rings is 1. The summed E-state index contributed by atoms with van der Waals surface area (Å²) in [7, 11) is 4.47. The number of allylic oxidation sites excluding steroid dienone is 2. The molecule has 8 heteroatoms. The van der Waals surface area contributed by atoms with E-state index in [0.29, 0.717) is 35.8 Å². The highest BCUT2D eigenvalue weighted by atomic mass is 16.5. The second-order valence-corrected chi connectivity index (χ2v) is 6.70. The quantitative estimate of drug-likeness (QED) is 0.567. The van der Waals surface area contributed by atoms with Crippen LogP contribution in [0.3, 0.4) is 0 Å². The first-order valence-electron chi connectivity index (χ1n) is 9.10. The molecule has 1 aromatic carbocycles. The maximum atomic E-state index is 12.5. The molecule has 1 saturated heterocycles. The molecule has 3 rings (SSSR count). The predicted molar refractivity (Wildman–Crippen MR) is 101 cm³/mol. The van der Waals surface area contributed by atoms with E-state index in [1.165, 1.54) is 26.2 Å². The molecule has 1 heterocycles. The first-order valence-corrected chi connectivity index (χ1v) is 9.10. The number of rotatable bonds is 7. The number of likely N-dealkylation sites (tertiary alicyclic amines) is 1. The SMILES string of the molecule is COc1cc(NC(=O)CCN2C(=O)C3CC=CCC3C2=O)cc(OC)c1OC. The van der Waals surface area contributed by atoms with E-state index in [1.54, 1.807) is 12.1 Å². The van der Waals surface area contributed by atoms with Crippen molar-refractivity contribution in [2.24, 2.45) is 11.8 Å². The molecule has 1 aliphatic heterocycles. The standard InChI is InChI=1S/C20H24N2O6/c1-26-15-10-12(11-16(27-2)18(15)28-3)21-17(23)8-9-22-19(24)13-6-4-5-7-14(13)20(22)25/h4-5,10-11,13-14H,6-9H2,1-3H3,(H,21,23). The number of imide groups is 1. The zero-order valence-electron chi connectivity index (χ0n) is 16.2. The van der Waals surface area contributed by atoms with Gasteiger partial charge in [-0.3, -0.25) is 19.3 Å². The largest absolute Gasteiger partial charge is 0.493 e. The third-order valence-corrected chi connectivity index (χ3v) is 5.11. The molecule has 0 saturated carbocycles. The molecule has 2 unspecified atom stereocenters. The van der Waals surface area contributed by atoms with E-state index in [1.807, 2.05) is 12.2 Å². The van der Waals surface area contributed by atoms with Crippen molar-refractivity contribution in [3.8, 4) is 17.2 Å². The number of hydrogen-bond donors (Lipinski definition) is 1. The molecular formula is C20H24N2O6. The van der Waals surface area contributed by atoms with Gasteiger partial charge in [0.05, 0.1) is 33.2 Å². The summed E-state index contributed by atoms with van der Waals surface area (Å²) < 4.78 is 15.8. The summed E-state index contributed by atoms with van der Waals surface area (Å²) in [6.45, 7) is 0.0704. The third-order valence-electron chi connectivity index (χ3n) is 5.11. The van der Waals surface area contributed by atoms with Crippen LogP contribution in [-0.4, -0.2) is 50.5 Å². The van der Waals surface area contributed by atoms with E-state index in [2.05, 4.69) is 5.32 Å². The van der Waals surface area contributed by atoms with Crippen molar-refractivity contribution >= 4 is 23.4 Å². The molecule has 0 radical (unpaired) electrons. The Balaban J connectivity index is 1.63. The number of carbonyl (C=O) groups is 3. The molecule has 150 valence electrons. The Kier molecular flexibility index (Phi) is 5.87. The molecule has 0 spiro atoms. The van der Waals surface area contributed by atoms with E-state index >= 15 is 0 Å². The van der Waals surface area contributed by atoms with E-state index in [9.17, 15) is 14.4 Å². The molecule has 1 fully saturated rings. The fraction of sp³-hybridized carbons (Fsp3) is 0.450. The lowest BCUT2D eigenvalue weighted by molar-refractivity contribution is -0.140.